The molecule has 1 aromatic carbocycles. The third-order valence-corrected chi connectivity index (χ3v) is 1.09. The summed E-state index contributed by atoms with van der Waals surface area (Å²) in [5.74, 6) is -2.09. The molecule has 0 spiro atoms. The number of hydrogen-bond acceptors (Lipinski definition) is 2. The maximum atomic E-state index is 12.6. The zero-order valence-corrected chi connectivity index (χ0v) is 5.80. The van der Waals surface area contributed by atoms with Gasteiger partial charge in [0.05, 0.1) is 7.11 Å². The number of para-hydroxylation sites is 1. The van der Waals surface area contributed by atoms with E-state index in [2.05, 4.69) is 9.78 Å². The van der Waals surface area contributed by atoms with Crippen LogP contribution in [0.3, 0.4) is 0 Å². The Hall–Kier alpha value is -1.16. The molecule has 11 heavy (non-hydrogen) atoms. The van der Waals surface area contributed by atoms with Crippen molar-refractivity contribution >= 4 is 0 Å². The summed E-state index contributed by atoms with van der Waals surface area (Å²) < 4.78 is 25.2. The van der Waals surface area contributed by atoms with Crippen LogP contribution in [0.2, 0.25) is 0 Å². The molecule has 2 nitrogen and oxygen atoms in total. The first-order valence-corrected chi connectivity index (χ1v) is 2.90. The predicted molar refractivity (Wildman–Crippen MR) is 34.0 cm³/mol. The largest absolute Gasteiger partial charge is 0.332 e. The Morgan fingerprint density at radius 3 is 2.18 bits per heavy atom. The molecule has 1 aromatic rings. The second kappa shape index (κ2) is 3.30. The third kappa shape index (κ3) is 1.65. The van der Waals surface area contributed by atoms with Gasteiger partial charge in [0, 0.05) is 0 Å². The maximum Gasteiger partial charge on any atom is 0.236 e. The summed E-state index contributed by atoms with van der Waals surface area (Å²) in [6.07, 6.45) is 0. The predicted octanol–water partition coefficient (Wildman–Crippen LogP) is 1.91. The molecule has 0 atom stereocenters. The van der Waals surface area contributed by atoms with E-state index in [-0.39, 0.29) is 0 Å². The Morgan fingerprint density at radius 2 is 1.73 bits per heavy atom. The molecule has 0 aliphatic rings. The topological polar surface area (TPSA) is 18.5 Å². The average Bonchev–Trinajstić information content (AvgIpc) is 1.97. The second-order valence-corrected chi connectivity index (χ2v) is 1.80. The van der Waals surface area contributed by atoms with Crippen molar-refractivity contribution in [3.8, 4) is 5.75 Å². The van der Waals surface area contributed by atoms with E-state index in [1.165, 1.54) is 13.2 Å². The van der Waals surface area contributed by atoms with Gasteiger partial charge in [-0.15, -0.1) is 0 Å². The van der Waals surface area contributed by atoms with Crippen LogP contribution >= 0.6 is 0 Å². The molecule has 4 heteroatoms. The minimum atomic E-state index is -0.785. The van der Waals surface area contributed by atoms with Gasteiger partial charge in [0.1, 0.15) is 0 Å². The Labute approximate surface area is 62.3 Å². The van der Waals surface area contributed by atoms with Gasteiger partial charge >= 0.3 is 0 Å². The van der Waals surface area contributed by atoms with Crippen molar-refractivity contribution in [3.63, 3.8) is 0 Å². The molecule has 60 valence electrons. The Morgan fingerprint density at radius 1 is 1.18 bits per heavy atom. The lowest BCUT2D eigenvalue weighted by molar-refractivity contribution is -0.182. The lowest BCUT2D eigenvalue weighted by Gasteiger charge is -2.01. The first-order chi connectivity index (χ1) is 5.25. The van der Waals surface area contributed by atoms with Crippen LogP contribution in [0.4, 0.5) is 8.78 Å². The van der Waals surface area contributed by atoms with Crippen LogP contribution in [-0.2, 0) is 4.89 Å². The van der Waals surface area contributed by atoms with E-state index >= 15 is 0 Å². The van der Waals surface area contributed by atoms with E-state index in [1.54, 1.807) is 0 Å². The fourth-order valence-corrected chi connectivity index (χ4v) is 0.645. The van der Waals surface area contributed by atoms with Crippen LogP contribution in [0.25, 0.3) is 0 Å². The van der Waals surface area contributed by atoms with Gasteiger partial charge in [-0.2, -0.15) is 4.89 Å². The maximum absolute atomic E-state index is 12.6. The molecule has 0 saturated carbocycles. The molecular formula is C7H6F2O2. The van der Waals surface area contributed by atoms with E-state index in [0.29, 0.717) is 0 Å². The van der Waals surface area contributed by atoms with Crippen LogP contribution in [0.1, 0.15) is 0 Å². The summed E-state index contributed by atoms with van der Waals surface area (Å²) in [6.45, 7) is 0. The van der Waals surface area contributed by atoms with Crippen molar-refractivity contribution in [2.45, 2.75) is 0 Å². The molecule has 0 heterocycles. The fourth-order valence-electron chi connectivity index (χ4n) is 0.645. The summed E-state index contributed by atoms with van der Waals surface area (Å²) in [6, 6.07) is 3.40. The van der Waals surface area contributed by atoms with Gasteiger partial charge in [-0.05, 0) is 12.1 Å². The number of hydrogen-bond donors (Lipinski definition) is 0. The van der Waals surface area contributed by atoms with E-state index < -0.39 is 17.4 Å². The fraction of sp³-hybridized carbons (Fsp3) is 0.143. The zero-order valence-electron chi connectivity index (χ0n) is 5.80. The van der Waals surface area contributed by atoms with Gasteiger partial charge in [0.15, 0.2) is 11.6 Å². The summed E-state index contributed by atoms with van der Waals surface area (Å²) in [7, 11) is 1.17. The highest BCUT2D eigenvalue weighted by molar-refractivity contribution is 5.25. The number of rotatable bonds is 2. The third-order valence-electron chi connectivity index (χ3n) is 1.09. The van der Waals surface area contributed by atoms with Crippen molar-refractivity contribution in [1.29, 1.82) is 0 Å². The highest BCUT2D eigenvalue weighted by Crippen LogP contribution is 2.20. The second-order valence-electron chi connectivity index (χ2n) is 1.80. The molecule has 0 N–H and O–H groups in total. The first-order valence-electron chi connectivity index (χ1n) is 2.90. The van der Waals surface area contributed by atoms with E-state index in [1.807, 2.05) is 0 Å². The molecule has 0 bridgehead atoms. The molecule has 1 rings (SSSR count). The number of halogens is 2. The molecule has 0 aromatic heterocycles. The molecule has 0 radical (unpaired) electrons. The van der Waals surface area contributed by atoms with Crippen LogP contribution in [-0.4, -0.2) is 7.11 Å². The summed E-state index contributed by atoms with van der Waals surface area (Å²) in [5.41, 5.74) is 0. The average molecular weight is 160 g/mol. The molecule has 0 unspecified atom stereocenters. The quantitative estimate of drug-likeness (QED) is 0.486. The van der Waals surface area contributed by atoms with Crippen molar-refractivity contribution in [2.24, 2.45) is 0 Å². The van der Waals surface area contributed by atoms with Crippen molar-refractivity contribution in [2.75, 3.05) is 7.11 Å². The Bertz CT molecular complexity index is 230. The van der Waals surface area contributed by atoms with Gasteiger partial charge in [-0.1, -0.05) is 6.07 Å². The molecule has 0 aliphatic carbocycles. The SMILES string of the molecule is COOc1c(F)cccc1F. The Kier molecular flexibility index (Phi) is 2.38. The minimum Gasteiger partial charge on any atom is -0.332 e. The summed E-state index contributed by atoms with van der Waals surface area (Å²) in [5, 5.41) is 0. The number of benzene rings is 1. The molecule has 0 fully saturated rings. The highest BCUT2D eigenvalue weighted by Gasteiger charge is 2.09. The molecule has 0 amide bonds. The lowest BCUT2D eigenvalue weighted by Crippen LogP contribution is -1.96. The van der Waals surface area contributed by atoms with Crippen LogP contribution in [0.5, 0.6) is 5.75 Å². The van der Waals surface area contributed by atoms with E-state index in [9.17, 15) is 8.78 Å². The van der Waals surface area contributed by atoms with Gasteiger partial charge < -0.3 is 4.89 Å². The normalized spacial score (nSPS) is 9.73. The zero-order chi connectivity index (χ0) is 8.27. The van der Waals surface area contributed by atoms with E-state index in [4.69, 9.17) is 0 Å². The first kappa shape index (κ1) is 7.94. The minimum absolute atomic E-state index is 0.519. The van der Waals surface area contributed by atoms with Gasteiger partial charge in [0.25, 0.3) is 0 Å². The van der Waals surface area contributed by atoms with Gasteiger partial charge in [-0.25, -0.2) is 8.78 Å². The molecule has 0 saturated heterocycles. The molecular weight excluding hydrogens is 154 g/mol. The van der Waals surface area contributed by atoms with Gasteiger partial charge in [0.2, 0.25) is 5.75 Å². The van der Waals surface area contributed by atoms with Gasteiger partial charge in [-0.3, -0.25) is 0 Å². The van der Waals surface area contributed by atoms with E-state index in [0.717, 1.165) is 12.1 Å². The molecule has 0 aliphatic heterocycles. The summed E-state index contributed by atoms with van der Waals surface area (Å²) >= 11 is 0. The summed E-state index contributed by atoms with van der Waals surface area (Å²) in [4.78, 5) is 8.33. The van der Waals surface area contributed by atoms with Crippen LogP contribution in [0, 0.1) is 11.6 Å². The monoisotopic (exact) mass is 160 g/mol. The van der Waals surface area contributed by atoms with Crippen molar-refractivity contribution < 1.29 is 18.6 Å². The smallest absolute Gasteiger partial charge is 0.236 e. The highest BCUT2D eigenvalue weighted by atomic mass is 19.1. The lowest BCUT2D eigenvalue weighted by atomic mass is 10.3. The standard InChI is InChI=1S/C7H6F2O2/c1-10-11-7-5(8)3-2-4-6(7)9/h2-4H,1H3. The van der Waals surface area contributed by atoms with Crippen LogP contribution in [0.15, 0.2) is 18.2 Å². The van der Waals surface area contributed by atoms with Crippen molar-refractivity contribution in [1.82, 2.24) is 0 Å². The van der Waals surface area contributed by atoms with Crippen molar-refractivity contribution in [3.05, 3.63) is 29.8 Å². The van der Waals surface area contributed by atoms with Crippen LogP contribution < -0.4 is 4.89 Å². The Balaban J connectivity index is 3.00.